The summed E-state index contributed by atoms with van der Waals surface area (Å²) in [4.78, 5) is 2.47. The molecule has 0 bridgehead atoms. The molecule has 3 rings (SSSR count). The van der Waals surface area contributed by atoms with Crippen LogP contribution in [0.3, 0.4) is 0 Å². The van der Waals surface area contributed by atoms with Crippen molar-refractivity contribution in [2.45, 2.75) is 46.0 Å². The highest BCUT2D eigenvalue weighted by molar-refractivity contribution is 5.56. The highest BCUT2D eigenvalue weighted by Crippen LogP contribution is 2.24. The molecule has 0 aromatic heterocycles. The van der Waals surface area contributed by atoms with Gasteiger partial charge in [-0.05, 0) is 82.0 Å². The summed E-state index contributed by atoms with van der Waals surface area (Å²) in [7, 11) is 0. The van der Waals surface area contributed by atoms with Gasteiger partial charge in [-0.15, -0.1) is 6.42 Å². The van der Waals surface area contributed by atoms with Gasteiger partial charge in [0.05, 0.1) is 0 Å². The summed E-state index contributed by atoms with van der Waals surface area (Å²) >= 11 is 0. The first-order valence-corrected chi connectivity index (χ1v) is 9.20. The SMILES string of the molecule is C#Cc1ccc(N2CCCCC2)c(C)c1.C=CNC1=CC=C(C)CC1. The van der Waals surface area contributed by atoms with Crippen molar-refractivity contribution in [3.05, 3.63) is 65.5 Å². The number of anilines is 1. The van der Waals surface area contributed by atoms with Crippen LogP contribution in [-0.2, 0) is 0 Å². The van der Waals surface area contributed by atoms with Gasteiger partial charge in [-0.3, -0.25) is 0 Å². The fourth-order valence-corrected chi connectivity index (χ4v) is 3.23. The highest BCUT2D eigenvalue weighted by atomic mass is 15.1. The lowest BCUT2D eigenvalue weighted by Gasteiger charge is -2.30. The van der Waals surface area contributed by atoms with E-state index in [1.54, 1.807) is 6.20 Å². The van der Waals surface area contributed by atoms with Gasteiger partial charge in [0, 0.05) is 30.0 Å². The molecule has 1 heterocycles. The van der Waals surface area contributed by atoms with Gasteiger partial charge in [-0.2, -0.15) is 0 Å². The van der Waals surface area contributed by atoms with Crippen LogP contribution >= 0.6 is 0 Å². The summed E-state index contributed by atoms with van der Waals surface area (Å²) in [5, 5.41) is 3.09. The van der Waals surface area contributed by atoms with Crippen molar-refractivity contribution >= 4 is 5.69 Å². The van der Waals surface area contributed by atoms with Crippen molar-refractivity contribution in [1.82, 2.24) is 5.32 Å². The zero-order valence-corrected chi connectivity index (χ0v) is 15.6. The third kappa shape index (κ3) is 5.87. The van der Waals surface area contributed by atoms with Gasteiger partial charge in [0.15, 0.2) is 0 Å². The Bertz CT molecular complexity index is 683. The number of terminal acetylenes is 1. The molecule has 1 aromatic rings. The van der Waals surface area contributed by atoms with Crippen molar-refractivity contribution in [2.24, 2.45) is 0 Å². The van der Waals surface area contributed by atoms with Crippen LogP contribution in [-0.4, -0.2) is 13.1 Å². The summed E-state index contributed by atoms with van der Waals surface area (Å²) in [5.74, 6) is 2.68. The van der Waals surface area contributed by atoms with Gasteiger partial charge >= 0.3 is 0 Å². The molecular formula is C23H30N2. The fourth-order valence-electron chi connectivity index (χ4n) is 3.23. The Kier molecular flexibility index (Phi) is 7.41. The predicted molar refractivity (Wildman–Crippen MR) is 110 cm³/mol. The maximum absolute atomic E-state index is 5.38. The summed E-state index contributed by atoms with van der Waals surface area (Å²) in [5.41, 5.74) is 6.35. The molecule has 2 nitrogen and oxygen atoms in total. The lowest BCUT2D eigenvalue weighted by molar-refractivity contribution is 0.577. The van der Waals surface area contributed by atoms with Crippen LogP contribution in [0.15, 0.2) is 54.4 Å². The number of nitrogens with zero attached hydrogens (tertiary/aromatic N) is 1. The van der Waals surface area contributed by atoms with E-state index in [1.807, 2.05) is 6.07 Å². The van der Waals surface area contributed by atoms with E-state index in [1.165, 1.54) is 61.3 Å². The smallest absolute Gasteiger partial charge is 0.0396 e. The molecule has 25 heavy (non-hydrogen) atoms. The molecule has 1 aromatic carbocycles. The Morgan fingerprint density at radius 2 is 1.88 bits per heavy atom. The number of nitrogens with one attached hydrogen (secondary N) is 1. The van der Waals surface area contributed by atoms with Crippen LogP contribution in [0.5, 0.6) is 0 Å². The van der Waals surface area contributed by atoms with Crippen molar-refractivity contribution in [3.63, 3.8) is 0 Å². The van der Waals surface area contributed by atoms with Crippen LogP contribution < -0.4 is 10.2 Å². The molecule has 0 amide bonds. The summed E-state index contributed by atoms with van der Waals surface area (Å²) in [6.07, 6.45) is 17.7. The van der Waals surface area contributed by atoms with E-state index in [0.29, 0.717) is 0 Å². The third-order valence-electron chi connectivity index (χ3n) is 4.71. The molecule has 0 atom stereocenters. The van der Waals surface area contributed by atoms with Crippen LogP contribution in [0, 0.1) is 19.3 Å². The minimum atomic E-state index is 0.980. The minimum Gasteiger partial charge on any atom is -0.371 e. The largest absolute Gasteiger partial charge is 0.371 e. The van der Waals surface area contributed by atoms with Gasteiger partial charge in [0.25, 0.3) is 0 Å². The first-order chi connectivity index (χ1) is 12.1. The maximum atomic E-state index is 5.38. The van der Waals surface area contributed by atoms with Gasteiger partial charge in [0.2, 0.25) is 0 Å². The van der Waals surface area contributed by atoms with Crippen molar-refractivity contribution in [1.29, 1.82) is 0 Å². The van der Waals surface area contributed by atoms with E-state index < -0.39 is 0 Å². The molecule has 1 N–H and O–H groups in total. The Labute approximate surface area is 153 Å². The van der Waals surface area contributed by atoms with Gasteiger partial charge in [0.1, 0.15) is 0 Å². The Morgan fingerprint density at radius 3 is 2.44 bits per heavy atom. The molecule has 2 aliphatic rings. The number of hydrogen-bond acceptors (Lipinski definition) is 2. The zero-order valence-electron chi connectivity index (χ0n) is 15.6. The second kappa shape index (κ2) is 9.79. The van der Waals surface area contributed by atoms with E-state index in [9.17, 15) is 0 Å². The molecule has 132 valence electrons. The number of aryl methyl sites for hydroxylation is 1. The highest BCUT2D eigenvalue weighted by Gasteiger charge is 2.12. The standard InChI is InChI=1S/C14H17N.C9H13N/c1-3-13-7-8-14(12(2)11-13)15-9-5-4-6-10-15;1-3-10-9-6-4-8(2)5-7-9/h1,7-8,11H,4-6,9-10H2,2H3;3-4,6,10H,1,5,7H2,2H3. The molecular weight excluding hydrogens is 304 g/mol. The molecule has 1 aliphatic carbocycles. The molecule has 1 fully saturated rings. The minimum absolute atomic E-state index is 0.980. The number of piperidine rings is 1. The van der Waals surface area contributed by atoms with Crippen LogP contribution in [0.25, 0.3) is 0 Å². The number of rotatable bonds is 3. The Balaban J connectivity index is 0.000000196. The molecule has 1 saturated heterocycles. The summed E-state index contributed by atoms with van der Waals surface area (Å²) in [6, 6.07) is 6.30. The molecule has 0 unspecified atom stereocenters. The van der Waals surface area contributed by atoms with Crippen LogP contribution in [0.1, 0.15) is 50.2 Å². The first-order valence-electron chi connectivity index (χ1n) is 9.20. The number of hydrogen-bond donors (Lipinski definition) is 1. The maximum Gasteiger partial charge on any atom is 0.0396 e. The third-order valence-corrected chi connectivity index (χ3v) is 4.71. The second-order valence-corrected chi connectivity index (χ2v) is 6.75. The zero-order chi connectivity index (χ0) is 18.1. The Hall–Kier alpha value is -2.40. The van der Waals surface area contributed by atoms with E-state index in [0.717, 1.165) is 12.0 Å². The average Bonchev–Trinajstić information content (AvgIpc) is 2.65. The van der Waals surface area contributed by atoms with Crippen LogP contribution in [0.2, 0.25) is 0 Å². The van der Waals surface area contributed by atoms with Crippen LogP contribution in [0.4, 0.5) is 5.69 Å². The van der Waals surface area contributed by atoms with Gasteiger partial charge in [-0.25, -0.2) is 0 Å². The molecule has 0 spiro atoms. The monoisotopic (exact) mass is 334 g/mol. The molecule has 0 radical (unpaired) electrons. The number of allylic oxidation sites excluding steroid dienone is 4. The van der Waals surface area contributed by atoms with E-state index in [4.69, 9.17) is 6.42 Å². The second-order valence-electron chi connectivity index (χ2n) is 6.75. The lowest BCUT2D eigenvalue weighted by Crippen LogP contribution is -2.29. The van der Waals surface area contributed by atoms with Crippen molar-refractivity contribution < 1.29 is 0 Å². The topological polar surface area (TPSA) is 15.3 Å². The van der Waals surface area contributed by atoms with E-state index in [2.05, 4.69) is 60.8 Å². The normalized spacial score (nSPS) is 16.6. The van der Waals surface area contributed by atoms with Gasteiger partial charge in [-0.1, -0.05) is 24.1 Å². The quantitative estimate of drug-likeness (QED) is 0.754. The van der Waals surface area contributed by atoms with E-state index >= 15 is 0 Å². The molecule has 1 aliphatic heterocycles. The average molecular weight is 335 g/mol. The molecule has 2 heteroatoms. The van der Waals surface area contributed by atoms with Crippen molar-refractivity contribution in [2.75, 3.05) is 18.0 Å². The molecule has 0 saturated carbocycles. The predicted octanol–water partition coefficient (Wildman–Crippen LogP) is 5.31. The summed E-state index contributed by atoms with van der Waals surface area (Å²) in [6.45, 7) is 10.3. The number of benzene rings is 1. The van der Waals surface area contributed by atoms with E-state index in [-0.39, 0.29) is 0 Å². The first kappa shape index (κ1) is 18.9. The fraction of sp³-hybridized carbons (Fsp3) is 0.391. The van der Waals surface area contributed by atoms with Crippen molar-refractivity contribution in [3.8, 4) is 12.3 Å². The lowest BCUT2D eigenvalue weighted by atomic mass is 10.0. The Morgan fingerprint density at radius 1 is 1.12 bits per heavy atom. The van der Waals surface area contributed by atoms with Gasteiger partial charge < -0.3 is 10.2 Å². The summed E-state index contributed by atoms with van der Waals surface area (Å²) < 4.78 is 0.